The second-order valence-corrected chi connectivity index (χ2v) is 6.57. The molecule has 0 atom stereocenters. The Labute approximate surface area is 140 Å². The maximum Gasteiger partial charge on any atom is 0.227 e. The monoisotopic (exact) mass is 327 g/mol. The number of benzene rings is 1. The molecule has 0 spiro atoms. The van der Waals surface area contributed by atoms with Crippen molar-refractivity contribution in [3.8, 4) is 16.9 Å². The van der Waals surface area contributed by atoms with E-state index in [2.05, 4.69) is 15.8 Å². The summed E-state index contributed by atoms with van der Waals surface area (Å²) >= 11 is 0. The van der Waals surface area contributed by atoms with Gasteiger partial charge in [0.1, 0.15) is 17.6 Å². The number of anilines is 1. The van der Waals surface area contributed by atoms with Gasteiger partial charge in [-0.1, -0.05) is 5.16 Å². The summed E-state index contributed by atoms with van der Waals surface area (Å²) in [5.74, 6) is 1.80. The molecule has 2 aliphatic rings. The standard InChI is InChI=1S/C18H21N3O3/c1-10-17(11(2)24-21-10)15-7-13(20-18(22)12-3-4-12)5-6-16(15)23-14-8-19-9-14/h5-7,12,14,19H,3-4,8-9H2,1-2H3,(H,20,22). The third-order valence-corrected chi connectivity index (χ3v) is 4.54. The summed E-state index contributed by atoms with van der Waals surface area (Å²) in [5.41, 5.74) is 3.43. The largest absolute Gasteiger partial charge is 0.487 e. The predicted octanol–water partition coefficient (Wildman–Crippen LogP) is 2.66. The molecule has 1 saturated heterocycles. The van der Waals surface area contributed by atoms with Crippen LogP contribution in [-0.2, 0) is 4.79 Å². The van der Waals surface area contributed by atoms with E-state index in [0.717, 1.165) is 59.9 Å². The molecule has 0 bridgehead atoms. The highest BCUT2D eigenvalue weighted by atomic mass is 16.5. The first-order valence-corrected chi connectivity index (χ1v) is 8.37. The topological polar surface area (TPSA) is 76.4 Å². The Morgan fingerprint density at radius 1 is 1.33 bits per heavy atom. The molecule has 1 saturated carbocycles. The number of nitrogens with one attached hydrogen (secondary N) is 2. The van der Waals surface area contributed by atoms with Crippen molar-refractivity contribution in [2.24, 2.45) is 5.92 Å². The lowest BCUT2D eigenvalue weighted by Crippen LogP contribution is -2.50. The lowest BCUT2D eigenvalue weighted by atomic mass is 10.0. The lowest BCUT2D eigenvalue weighted by molar-refractivity contribution is -0.117. The molecule has 24 heavy (non-hydrogen) atoms. The van der Waals surface area contributed by atoms with Gasteiger partial charge in [0.25, 0.3) is 0 Å². The second-order valence-electron chi connectivity index (χ2n) is 6.57. The molecule has 126 valence electrons. The van der Waals surface area contributed by atoms with Gasteiger partial charge in [0, 0.05) is 30.3 Å². The van der Waals surface area contributed by atoms with Crippen LogP contribution in [0.5, 0.6) is 5.75 Å². The molecule has 1 aliphatic heterocycles. The summed E-state index contributed by atoms with van der Waals surface area (Å²) < 4.78 is 11.4. The van der Waals surface area contributed by atoms with Gasteiger partial charge in [0.15, 0.2) is 0 Å². The van der Waals surface area contributed by atoms with Crippen LogP contribution in [0.1, 0.15) is 24.3 Å². The van der Waals surface area contributed by atoms with Crippen LogP contribution in [0.2, 0.25) is 0 Å². The van der Waals surface area contributed by atoms with Gasteiger partial charge in [0.2, 0.25) is 5.91 Å². The Bertz CT molecular complexity index is 756. The number of aromatic nitrogens is 1. The normalized spacial score (nSPS) is 17.4. The maximum absolute atomic E-state index is 12.0. The predicted molar refractivity (Wildman–Crippen MR) is 90.1 cm³/mol. The van der Waals surface area contributed by atoms with E-state index in [9.17, 15) is 4.79 Å². The SMILES string of the molecule is Cc1noc(C)c1-c1cc(NC(=O)C2CC2)ccc1OC1CNC1. The number of hydrogen-bond donors (Lipinski definition) is 2. The fourth-order valence-electron chi connectivity index (χ4n) is 2.89. The molecule has 2 N–H and O–H groups in total. The zero-order valence-corrected chi connectivity index (χ0v) is 13.9. The Morgan fingerprint density at radius 2 is 2.12 bits per heavy atom. The van der Waals surface area contributed by atoms with Gasteiger partial charge >= 0.3 is 0 Å². The minimum absolute atomic E-state index is 0.0940. The molecule has 1 aromatic heterocycles. The molecule has 1 aliphatic carbocycles. The molecule has 4 rings (SSSR count). The quantitative estimate of drug-likeness (QED) is 0.883. The summed E-state index contributed by atoms with van der Waals surface area (Å²) in [7, 11) is 0. The first-order valence-electron chi connectivity index (χ1n) is 8.37. The van der Waals surface area contributed by atoms with Gasteiger partial charge in [-0.15, -0.1) is 0 Å². The zero-order valence-electron chi connectivity index (χ0n) is 13.9. The summed E-state index contributed by atoms with van der Waals surface area (Å²) in [6, 6.07) is 5.76. The van der Waals surface area contributed by atoms with Crippen molar-refractivity contribution >= 4 is 11.6 Å². The van der Waals surface area contributed by atoms with Crippen molar-refractivity contribution in [3.63, 3.8) is 0 Å². The number of carbonyl (C=O) groups excluding carboxylic acids is 1. The highest BCUT2D eigenvalue weighted by Crippen LogP contribution is 2.38. The fourth-order valence-corrected chi connectivity index (χ4v) is 2.89. The average Bonchev–Trinajstić information content (AvgIpc) is 3.31. The van der Waals surface area contributed by atoms with E-state index in [1.807, 2.05) is 32.0 Å². The van der Waals surface area contributed by atoms with Crippen LogP contribution in [0.15, 0.2) is 22.7 Å². The van der Waals surface area contributed by atoms with Crippen molar-refractivity contribution in [3.05, 3.63) is 29.7 Å². The van der Waals surface area contributed by atoms with E-state index in [1.165, 1.54) is 0 Å². The minimum Gasteiger partial charge on any atom is -0.487 e. The number of aryl methyl sites for hydroxylation is 2. The van der Waals surface area contributed by atoms with Gasteiger partial charge < -0.3 is 19.9 Å². The molecule has 0 radical (unpaired) electrons. The van der Waals surface area contributed by atoms with E-state index in [1.54, 1.807) is 0 Å². The lowest BCUT2D eigenvalue weighted by Gasteiger charge is -2.29. The van der Waals surface area contributed by atoms with Crippen LogP contribution in [0.3, 0.4) is 0 Å². The van der Waals surface area contributed by atoms with Gasteiger partial charge in [-0.2, -0.15) is 0 Å². The van der Waals surface area contributed by atoms with Crippen molar-refractivity contribution < 1.29 is 14.1 Å². The molecule has 2 aromatic rings. The fraction of sp³-hybridized carbons (Fsp3) is 0.444. The molecule has 2 fully saturated rings. The maximum atomic E-state index is 12.0. The van der Waals surface area contributed by atoms with Crippen LogP contribution < -0.4 is 15.4 Å². The van der Waals surface area contributed by atoms with Crippen LogP contribution >= 0.6 is 0 Å². The molecule has 6 nitrogen and oxygen atoms in total. The molecule has 2 heterocycles. The highest BCUT2D eigenvalue weighted by Gasteiger charge is 2.30. The van der Waals surface area contributed by atoms with Gasteiger partial charge in [-0.05, 0) is 44.9 Å². The molecule has 0 unspecified atom stereocenters. The van der Waals surface area contributed by atoms with Gasteiger partial charge in [-0.3, -0.25) is 4.79 Å². The second kappa shape index (κ2) is 5.94. The number of carbonyl (C=O) groups is 1. The number of ether oxygens (including phenoxy) is 1. The third kappa shape index (κ3) is 2.89. The minimum atomic E-state index is 0.0940. The Hall–Kier alpha value is -2.34. The van der Waals surface area contributed by atoms with Crippen LogP contribution in [0.25, 0.3) is 11.1 Å². The number of rotatable bonds is 5. The average molecular weight is 327 g/mol. The van der Waals surface area contributed by atoms with E-state index in [-0.39, 0.29) is 17.9 Å². The third-order valence-electron chi connectivity index (χ3n) is 4.54. The number of hydrogen-bond acceptors (Lipinski definition) is 5. The number of amides is 1. The molecule has 6 heteroatoms. The van der Waals surface area contributed by atoms with Gasteiger partial charge in [0.05, 0.1) is 11.3 Å². The van der Waals surface area contributed by atoms with Crippen molar-refractivity contribution in [2.45, 2.75) is 32.8 Å². The van der Waals surface area contributed by atoms with Crippen LogP contribution in [0, 0.1) is 19.8 Å². The molecular weight excluding hydrogens is 306 g/mol. The Morgan fingerprint density at radius 3 is 2.71 bits per heavy atom. The van der Waals surface area contributed by atoms with Crippen molar-refractivity contribution in [1.29, 1.82) is 0 Å². The number of nitrogens with zero attached hydrogens (tertiary/aromatic N) is 1. The van der Waals surface area contributed by atoms with Crippen LogP contribution in [0.4, 0.5) is 5.69 Å². The first-order chi connectivity index (χ1) is 11.6. The van der Waals surface area contributed by atoms with E-state index < -0.39 is 0 Å². The van der Waals surface area contributed by atoms with E-state index >= 15 is 0 Å². The Kier molecular flexibility index (Phi) is 3.76. The summed E-state index contributed by atoms with van der Waals surface area (Å²) in [5, 5.41) is 10.2. The first kappa shape index (κ1) is 15.2. The van der Waals surface area contributed by atoms with Gasteiger partial charge in [-0.25, -0.2) is 0 Å². The van der Waals surface area contributed by atoms with Crippen molar-refractivity contribution in [2.75, 3.05) is 18.4 Å². The summed E-state index contributed by atoms with van der Waals surface area (Å²) in [6.07, 6.45) is 2.15. The van der Waals surface area contributed by atoms with Crippen LogP contribution in [-0.4, -0.2) is 30.3 Å². The molecule has 1 aromatic carbocycles. The summed E-state index contributed by atoms with van der Waals surface area (Å²) in [4.78, 5) is 12.0. The van der Waals surface area contributed by atoms with E-state index in [0.29, 0.717) is 0 Å². The summed E-state index contributed by atoms with van der Waals surface area (Å²) in [6.45, 7) is 5.50. The molecule has 1 amide bonds. The molecular formula is C18H21N3O3. The highest BCUT2D eigenvalue weighted by molar-refractivity contribution is 5.95. The van der Waals surface area contributed by atoms with Crippen molar-refractivity contribution in [1.82, 2.24) is 10.5 Å². The zero-order chi connectivity index (χ0) is 16.7. The smallest absolute Gasteiger partial charge is 0.227 e. The van der Waals surface area contributed by atoms with E-state index in [4.69, 9.17) is 9.26 Å². The Balaban J connectivity index is 1.69.